The number of amides is 1. The van der Waals surface area contributed by atoms with Gasteiger partial charge in [0.15, 0.2) is 0 Å². The molecule has 0 aromatic carbocycles. The molecule has 5 heteroatoms. The second-order valence-electron chi connectivity index (χ2n) is 5.58. The standard InChI is InChI=1S/C16H24N2O2S/c1-12(2)20-15-8-7-13(11-18-15)16(19)17-9-10-21-14-5-3-4-6-14/h7-8,11-12,14H,3-6,9-10H2,1-2H3,(H,17,19). The van der Waals surface area contributed by atoms with Gasteiger partial charge in [0.1, 0.15) is 0 Å². The molecule has 1 aliphatic carbocycles. The van der Waals surface area contributed by atoms with E-state index in [0.29, 0.717) is 18.0 Å². The molecule has 0 bridgehead atoms. The molecule has 4 nitrogen and oxygen atoms in total. The molecule has 116 valence electrons. The number of aromatic nitrogens is 1. The van der Waals surface area contributed by atoms with Gasteiger partial charge in [-0.05, 0) is 32.8 Å². The Hall–Kier alpha value is -1.23. The third kappa shape index (κ3) is 5.58. The number of hydrogen-bond acceptors (Lipinski definition) is 4. The van der Waals surface area contributed by atoms with Crippen LogP contribution in [0.3, 0.4) is 0 Å². The lowest BCUT2D eigenvalue weighted by Gasteiger charge is -2.10. The second-order valence-corrected chi connectivity index (χ2v) is 6.99. The quantitative estimate of drug-likeness (QED) is 0.785. The maximum atomic E-state index is 12.0. The van der Waals surface area contributed by atoms with Crippen LogP contribution in [0.25, 0.3) is 0 Å². The molecule has 1 aliphatic rings. The first kappa shape index (κ1) is 16.1. The van der Waals surface area contributed by atoms with E-state index in [4.69, 9.17) is 4.74 Å². The van der Waals surface area contributed by atoms with Gasteiger partial charge < -0.3 is 10.1 Å². The van der Waals surface area contributed by atoms with Gasteiger partial charge in [-0.25, -0.2) is 4.98 Å². The van der Waals surface area contributed by atoms with Crippen LogP contribution >= 0.6 is 11.8 Å². The Morgan fingerprint density at radius 1 is 1.43 bits per heavy atom. The van der Waals surface area contributed by atoms with E-state index in [1.54, 1.807) is 18.3 Å². The van der Waals surface area contributed by atoms with E-state index in [2.05, 4.69) is 10.3 Å². The van der Waals surface area contributed by atoms with Crippen molar-refractivity contribution in [2.24, 2.45) is 0 Å². The highest BCUT2D eigenvalue weighted by Gasteiger charge is 2.15. The lowest BCUT2D eigenvalue weighted by molar-refractivity contribution is 0.0955. The molecule has 0 aliphatic heterocycles. The van der Waals surface area contributed by atoms with Crippen molar-refractivity contribution < 1.29 is 9.53 Å². The lowest BCUT2D eigenvalue weighted by Crippen LogP contribution is -2.26. The first-order valence-corrected chi connectivity index (χ1v) is 8.72. The Balaban J connectivity index is 1.69. The predicted octanol–water partition coefficient (Wildman–Crippen LogP) is 3.27. The third-order valence-corrected chi connectivity index (χ3v) is 4.78. The summed E-state index contributed by atoms with van der Waals surface area (Å²) in [5.74, 6) is 1.47. The molecule has 1 aromatic rings. The van der Waals surface area contributed by atoms with Crippen molar-refractivity contribution in [3.05, 3.63) is 23.9 Å². The summed E-state index contributed by atoms with van der Waals surface area (Å²) in [6.07, 6.45) is 7.04. The van der Waals surface area contributed by atoms with Gasteiger partial charge in [-0.3, -0.25) is 4.79 Å². The first-order chi connectivity index (χ1) is 10.1. The van der Waals surface area contributed by atoms with Gasteiger partial charge in [0.05, 0.1) is 11.7 Å². The summed E-state index contributed by atoms with van der Waals surface area (Å²) in [5.41, 5.74) is 0.581. The molecule has 0 radical (unpaired) electrons. The van der Waals surface area contributed by atoms with Crippen molar-refractivity contribution in [1.29, 1.82) is 0 Å². The molecule has 21 heavy (non-hydrogen) atoms. The molecule has 1 amide bonds. The average molecular weight is 308 g/mol. The van der Waals surface area contributed by atoms with E-state index < -0.39 is 0 Å². The zero-order valence-electron chi connectivity index (χ0n) is 12.8. The smallest absolute Gasteiger partial charge is 0.252 e. The molecular formula is C16H24N2O2S. The fourth-order valence-corrected chi connectivity index (χ4v) is 3.59. The Labute approximate surface area is 131 Å². The van der Waals surface area contributed by atoms with Gasteiger partial charge in [0.2, 0.25) is 5.88 Å². The van der Waals surface area contributed by atoms with Crippen molar-refractivity contribution in [3.8, 4) is 5.88 Å². The van der Waals surface area contributed by atoms with E-state index in [1.165, 1.54) is 25.7 Å². The van der Waals surface area contributed by atoms with Crippen molar-refractivity contribution in [2.75, 3.05) is 12.3 Å². The number of hydrogen-bond donors (Lipinski definition) is 1. The van der Waals surface area contributed by atoms with Crippen LogP contribution in [0.5, 0.6) is 5.88 Å². The number of carbonyl (C=O) groups excluding carboxylic acids is 1. The largest absolute Gasteiger partial charge is 0.475 e. The molecular weight excluding hydrogens is 284 g/mol. The van der Waals surface area contributed by atoms with Crippen LogP contribution in [0.1, 0.15) is 49.9 Å². The zero-order valence-corrected chi connectivity index (χ0v) is 13.6. The van der Waals surface area contributed by atoms with Crippen molar-refractivity contribution in [1.82, 2.24) is 10.3 Å². The molecule has 2 rings (SSSR count). The van der Waals surface area contributed by atoms with Gasteiger partial charge in [-0.1, -0.05) is 12.8 Å². The number of carbonyl (C=O) groups is 1. The molecule has 0 unspecified atom stereocenters. The molecule has 0 spiro atoms. The Morgan fingerprint density at radius 2 is 2.19 bits per heavy atom. The number of ether oxygens (including phenoxy) is 1. The summed E-state index contributed by atoms with van der Waals surface area (Å²) in [7, 11) is 0. The summed E-state index contributed by atoms with van der Waals surface area (Å²) in [4.78, 5) is 16.1. The monoisotopic (exact) mass is 308 g/mol. The third-order valence-electron chi connectivity index (χ3n) is 3.40. The maximum absolute atomic E-state index is 12.0. The molecule has 1 fully saturated rings. The minimum absolute atomic E-state index is 0.0642. The van der Waals surface area contributed by atoms with Crippen LogP contribution in [-0.4, -0.2) is 34.5 Å². The van der Waals surface area contributed by atoms with Gasteiger partial charge in [0, 0.05) is 29.8 Å². The van der Waals surface area contributed by atoms with Crippen molar-refractivity contribution >= 4 is 17.7 Å². The van der Waals surface area contributed by atoms with Gasteiger partial charge in [-0.15, -0.1) is 0 Å². The fourth-order valence-electron chi connectivity index (χ4n) is 2.37. The van der Waals surface area contributed by atoms with Crippen LogP contribution < -0.4 is 10.1 Å². The molecule has 1 heterocycles. The highest BCUT2D eigenvalue weighted by atomic mass is 32.2. The van der Waals surface area contributed by atoms with Gasteiger partial charge >= 0.3 is 0 Å². The SMILES string of the molecule is CC(C)Oc1ccc(C(=O)NCCSC2CCCC2)cn1. The normalized spacial score (nSPS) is 15.4. The number of nitrogens with zero attached hydrogens (tertiary/aromatic N) is 1. The van der Waals surface area contributed by atoms with Gasteiger partial charge in [0.25, 0.3) is 5.91 Å². The summed E-state index contributed by atoms with van der Waals surface area (Å²) >= 11 is 1.98. The van der Waals surface area contributed by atoms with Crippen LogP contribution in [0.2, 0.25) is 0 Å². The molecule has 1 N–H and O–H groups in total. The minimum Gasteiger partial charge on any atom is -0.475 e. The summed E-state index contributed by atoms with van der Waals surface area (Å²) in [6.45, 7) is 4.61. The van der Waals surface area contributed by atoms with Crippen LogP contribution in [0.4, 0.5) is 0 Å². The highest BCUT2D eigenvalue weighted by molar-refractivity contribution is 7.99. The van der Waals surface area contributed by atoms with E-state index in [9.17, 15) is 4.79 Å². The summed E-state index contributed by atoms with van der Waals surface area (Å²) in [5, 5.41) is 3.74. The predicted molar refractivity (Wildman–Crippen MR) is 87.0 cm³/mol. The van der Waals surface area contributed by atoms with Crippen LogP contribution in [0, 0.1) is 0 Å². The average Bonchev–Trinajstić information content (AvgIpc) is 2.97. The van der Waals surface area contributed by atoms with Crippen molar-refractivity contribution in [2.45, 2.75) is 50.9 Å². The molecule has 1 aromatic heterocycles. The lowest BCUT2D eigenvalue weighted by atomic mass is 10.2. The van der Waals surface area contributed by atoms with E-state index in [-0.39, 0.29) is 12.0 Å². The Morgan fingerprint density at radius 3 is 2.81 bits per heavy atom. The summed E-state index contributed by atoms with van der Waals surface area (Å²) in [6, 6.07) is 3.49. The molecule has 1 saturated carbocycles. The molecule has 0 saturated heterocycles. The topological polar surface area (TPSA) is 51.2 Å². The number of pyridine rings is 1. The highest BCUT2D eigenvalue weighted by Crippen LogP contribution is 2.28. The van der Waals surface area contributed by atoms with Crippen LogP contribution in [0.15, 0.2) is 18.3 Å². The number of thioether (sulfide) groups is 1. The second kappa shape index (κ2) is 8.27. The maximum Gasteiger partial charge on any atom is 0.252 e. The Kier molecular flexibility index (Phi) is 6.36. The molecule has 0 atom stereocenters. The summed E-state index contributed by atoms with van der Waals surface area (Å²) < 4.78 is 5.46. The Bertz CT molecular complexity index is 442. The van der Waals surface area contributed by atoms with E-state index in [0.717, 1.165) is 11.0 Å². The minimum atomic E-state index is -0.0642. The number of rotatable bonds is 7. The first-order valence-electron chi connectivity index (χ1n) is 7.67. The zero-order chi connectivity index (χ0) is 15.1. The van der Waals surface area contributed by atoms with Gasteiger partial charge in [-0.2, -0.15) is 11.8 Å². The fraction of sp³-hybridized carbons (Fsp3) is 0.625. The van der Waals surface area contributed by atoms with Crippen molar-refractivity contribution in [3.63, 3.8) is 0 Å². The van der Waals surface area contributed by atoms with E-state index in [1.807, 2.05) is 25.6 Å². The van der Waals surface area contributed by atoms with E-state index >= 15 is 0 Å². The number of nitrogens with one attached hydrogen (secondary N) is 1. The van der Waals surface area contributed by atoms with Crippen LogP contribution in [-0.2, 0) is 0 Å².